The van der Waals surface area contributed by atoms with Gasteiger partial charge in [-0.15, -0.1) is 0 Å². The molecule has 0 aromatic heterocycles. The second kappa shape index (κ2) is 8.56. The van der Waals surface area contributed by atoms with E-state index in [2.05, 4.69) is 0 Å². The normalized spacial score (nSPS) is 19.2. The molecule has 1 heterocycles. The van der Waals surface area contributed by atoms with Crippen LogP contribution < -0.4 is 0 Å². The Morgan fingerprint density at radius 3 is 2.69 bits per heavy atom. The van der Waals surface area contributed by atoms with E-state index in [1.165, 1.54) is 6.07 Å². The summed E-state index contributed by atoms with van der Waals surface area (Å²) in [7, 11) is 0. The van der Waals surface area contributed by atoms with E-state index in [1.807, 2.05) is 0 Å². The summed E-state index contributed by atoms with van der Waals surface area (Å²) in [6, 6.07) is 4.97. The first-order valence-electron chi connectivity index (χ1n) is 8.87. The first kappa shape index (κ1) is 20.3. The zero-order valence-electron chi connectivity index (χ0n) is 14.8. The van der Waals surface area contributed by atoms with Gasteiger partial charge in [-0.3, -0.25) is 9.59 Å². The maximum Gasteiger partial charge on any atom is 0.416 e. The van der Waals surface area contributed by atoms with Crippen molar-refractivity contribution in [2.75, 3.05) is 6.54 Å². The van der Waals surface area contributed by atoms with Crippen LogP contribution in [0.15, 0.2) is 24.3 Å². The van der Waals surface area contributed by atoms with Crippen LogP contribution >= 0.6 is 0 Å². The van der Waals surface area contributed by atoms with Gasteiger partial charge in [-0.25, -0.2) is 0 Å². The van der Waals surface area contributed by atoms with Crippen molar-refractivity contribution in [1.82, 2.24) is 4.90 Å². The average Bonchev–Trinajstić information content (AvgIpc) is 2.59. The van der Waals surface area contributed by atoms with Crippen molar-refractivity contribution < 1.29 is 27.9 Å². The third-order valence-electron chi connectivity index (χ3n) is 4.90. The highest BCUT2D eigenvalue weighted by Crippen LogP contribution is 2.32. The van der Waals surface area contributed by atoms with Crippen molar-refractivity contribution in [3.63, 3.8) is 0 Å². The maximum absolute atomic E-state index is 12.9. The summed E-state index contributed by atoms with van der Waals surface area (Å²) in [5.41, 5.74) is -0.237. The number of aliphatic carboxylic acids is 1. The number of alkyl halides is 3. The Balaban J connectivity index is 2.04. The molecule has 4 nitrogen and oxygen atoms in total. The minimum absolute atomic E-state index is 0.0115. The molecule has 0 radical (unpaired) electrons. The highest BCUT2D eigenvalue weighted by Gasteiger charge is 2.31. The topological polar surface area (TPSA) is 57.6 Å². The van der Waals surface area contributed by atoms with Crippen LogP contribution in [0.25, 0.3) is 0 Å². The van der Waals surface area contributed by atoms with Gasteiger partial charge in [0.15, 0.2) is 0 Å². The smallest absolute Gasteiger partial charge is 0.416 e. The summed E-state index contributed by atoms with van der Waals surface area (Å²) in [5.74, 6) is -1.35. The molecule has 26 heavy (non-hydrogen) atoms. The predicted octanol–water partition coefficient (Wildman–Crippen LogP) is 4.44. The Morgan fingerprint density at radius 2 is 2.04 bits per heavy atom. The molecule has 0 spiro atoms. The molecule has 1 aromatic rings. The standard InChI is InChI=1S/C19H24F3NO3/c1-13(14-5-4-6-15(12-14)19(20,21)22)11-17(24)23-10-3-2-7-16(23)8-9-18(25)26/h4-6,12-13,16H,2-3,7-11H2,1H3,(H,25,26). The molecule has 1 N–H and O–H groups in total. The van der Waals surface area contributed by atoms with E-state index < -0.39 is 17.7 Å². The Morgan fingerprint density at radius 1 is 1.31 bits per heavy atom. The predicted molar refractivity (Wildman–Crippen MR) is 90.7 cm³/mol. The van der Waals surface area contributed by atoms with Crippen LogP contribution in [-0.4, -0.2) is 34.5 Å². The van der Waals surface area contributed by atoms with Gasteiger partial charge in [0, 0.05) is 25.4 Å². The number of carbonyl (C=O) groups excluding carboxylic acids is 1. The zero-order chi connectivity index (χ0) is 19.3. The molecule has 1 amide bonds. The van der Waals surface area contributed by atoms with Gasteiger partial charge in [0.05, 0.1) is 5.56 Å². The van der Waals surface area contributed by atoms with Gasteiger partial charge in [-0.1, -0.05) is 25.1 Å². The lowest BCUT2D eigenvalue weighted by molar-refractivity contribution is -0.140. The summed E-state index contributed by atoms with van der Waals surface area (Å²) in [6.07, 6.45) is -1.27. The first-order valence-corrected chi connectivity index (χ1v) is 8.87. The average molecular weight is 371 g/mol. The number of amides is 1. The Labute approximate surface area is 151 Å². The number of hydrogen-bond acceptors (Lipinski definition) is 2. The quantitative estimate of drug-likeness (QED) is 0.804. The number of piperidine rings is 1. The second-order valence-corrected chi connectivity index (χ2v) is 6.90. The SMILES string of the molecule is CC(CC(=O)N1CCCCC1CCC(=O)O)c1cccc(C(F)(F)F)c1. The molecule has 144 valence electrons. The molecule has 0 saturated carbocycles. The van der Waals surface area contributed by atoms with Crippen LogP contribution in [0.2, 0.25) is 0 Å². The van der Waals surface area contributed by atoms with E-state index in [9.17, 15) is 22.8 Å². The van der Waals surface area contributed by atoms with Gasteiger partial charge < -0.3 is 10.0 Å². The third kappa shape index (κ3) is 5.47. The summed E-state index contributed by atoms with van der Waals surface area (Å²) in [4.78, 5) is 25.2. The number of carboxylic acids is 1. The lowest BCUT2D eigenvalue weighted by atomic mass is 9.93. The fourth-order valence-electron chi connectivity index (χ4n) is 3.44. The number of carbonyl (C=O) groups is 2. The molecule has 2 atom stereocenters. The van der Waals surface area contributed by atoms with E-state index >= 15 is 0 Å². The molecular weight excluding hydrogens is 347 g/mol. The minimum Gasteiger partial charge on any atom is -0.481 e. The van der Waals surface area contributed by atoms with Crippen LogP contribution in [0.5, 0.6) is 0 Å². The van der Waals surface area contributed by atoms with Gasteiger partial charge in [0.1, 0.15) is 0 Å². The van der Waals surface area contributed by atoms with E-state index in [1.54, 1.807) is 17.9 Å². The molecule has 1 aliphatic rings. The summed E-state index contributed by atoms with van der Waals surface area (Å²) >= 11 is 0. The molecule has 2 rings (SSSR count). The van der Waals surface area contributed by atoms with Crippen molar-refractivity contribution in [2.45, 2.75) is 63.6 Å². The molecule has 2 unspecified atom stereocenters. The molecule has 1 aliphatic heterocycles. The zero-order valence-corrected chi connectivity index (χ0v) is 14.8. The molecule has 1 aromatic carbocycles. The Bertz CT molecular complexity index is 645. The van der Waals surface area contributed by atoms with Crippen LogP contribution in [0.4, 0.5) is 13.2 Å². The van der Waals surface area contributed by atoms with Crippen molar-refractivity contribution in [1.29, 1.82) is 0 Å². The van der Waals surface area contributed by atoms with Gasteiger partial charge in [-0.05, 0) is 43.2 Å². The van der Waals surface area contributed by atoms with E-state index in [0.29, 0.717) is 18.5 Å². The number of nitrogens with zero attached hydrogens (tertiary/aromatic N) is 1. The third-order valence-corrected chi connectivity index (χ3v) is 4.90. The monoisotopic (exact) mass is 371 g/mol. The fraction of sp³-hybridized carbons (Fsp3) is 0.579. The first-order chi connectivity index (χ1) is 12.2. The van der Waals surface area contributed by atoms with Crippen molar-refractivity contribution >= 4 is 11.9 Å². The molecule has 1 fully saturated rings. The van der Waals surface area contributed by atoms with Gasteiger partial charge in [0.2, 0.25) is 5.91 Å². The molecule has 0 bridgehead atoms. The van der Waals surface area contributed by atoms with E-state index in [4.69, 9.17) is 5.11 Å². The van der Waals surface area contributed by atoms with Gasteiger partial charge in [0.25, 0.3) is 0 Å². The van der Waals surface area contributed by atoms with Gasteiger partial charge in [-0.2, -0.15) is 13.2 Å². The summed E-state index contributed by atoms with van der Waals surface area (Å²) in [5, 5.41) is 8.86. The second-order valence-electron chi connectivity index (χ2n) is 6.90. The number of hydrogen-bond donors (Lipinski definition) is 1. The number of rotatable bonds is 6. The van der Waals surface area contributed by atoms with E-state index in [-0.39, 0.29) is 30.7 Å². The van der Waals surface area contributed by atoms with Gasteiger partial charge >= 0.3 is 12.1 Å². The van der Waals surface area contributed by atoms with Crippen LogP contribution in [0.1, 0.15) is 62.5 Å². The lowest BCUT2D eigenvalue weighted by Crippen LogP contribution is -2.44. The maximum atomic E-state index is 12.9. The number of benzene rings is 1. The van der Waals surface area contributed by atoms with Crippen LogP contribution in [0, 0.1) is 0 Å². The lowest BCUT2D eigenvalue weighted by Gasteiger charge is -2.36. The molecular formula is C19H24F3NO3. The van der Waals surface area contributed by atoms with E-state index in [0.717, 1.165) is 31.4 Å². The minimum atomic E-state index is -4.41. The molecule has 7 heteroatoms. The van der Waals surface area contributed by atoms with Crippen molar-refractivity contribution in [2.24, 2.45) is 0 Å². The van der Waals surface area contributed by atoms with Crippen molar-refractivity contribution in [3.05, 3.63) is 35.4 Å². The largest absolute Gasteiger partial charge is 0.481 e. The molecule has 1 saturated heterocycles. The number of likely N-dealkylation sites (tertiary alicyclic amines) is 1. The molecule has 0 aliphatic carbocycles. The highest BCUT2D eigenvalue weighted by molar-refractivity contribution is 5.77. The van der Waals surface area contributed by atoms with Crippen molar-refractivity contribution in [3.8, 4) is 0 Å². The number of carboxylic acid groups (broad SMARTS) is 1. The Hall–Kier alpha value is -2.05. The van der Waals surface area contributed by atoms with Crippen LogP contribution in [0.3, 0.4) is 0 Å². The highest BCUT2D eigenvalue weighted by atomic mass is 19.4. The summed E-state index contributed by atoms with van der Waals surface area (Å²) < 4.78 is 38.6. The fourth-order valence-corrected chi connectivity index (χ4v) is 3.44. The Kier molecular flexibility index (Phi) is 6.67. The van der Waals surface area contributed by atoms with Crippen LogP contribution in [-0.2, 0) is 15.8 Å². The number of halogens is 3. The summed E-state index contributed by atoms with van der Waals surface area (Å²) in [6.45, 7) is 2.32.